The molecule has 0 saturated carbocycles. The van der Waals surface area contributed by atoms with Crippen molar-refractivity contribution < 1.29 is 4.42 Å². The van der Waals surface area contributed by atoms with Crippen LogP contribution in [0.25, 0.3) is 11.1 Å². The van der Waals surface area contributed by atoms with Crippen molar-refractivity contribution in [3.05, 3.63) is 36.4 Å². The predicted molar refractivity (Wildman–Crippen MR) is 73.8 cm³/mol. The first kappa shape index (κ1) is 11.6. The number of hydrogen-bond donors (Lipinski definition) is 2. The number of imidazole rings is 1. The molecule has 3 rings (SSSR count). The summed E-state index contributed by atoms with van der Waals surface area (Å²) >= 11 is 0. The highest BCUT2D eigenvalue weighted by atomic mass is 16.4. The molecule has 6 nitrogen and oxygen atoms in total. The molecule has 3 aromatic rings. The average Bonchev–Trinajstić information content (AvgIpc) is 2.97. The smallest absolute Gasteiger partial charge is 0.295 e. The van der Waals surface area contributed by atoms with E-state index in [0.29, 0.717) is 29.3 Å². The van der Waals surface area contributed by atoms with Gasteiger partial charge in [-0.15, -0.1) is 0 Å². The largest absolute Gasteiger partial charge is 0.423 e. The van der Waals surface area contributed by atoms with E-state index in [-0.39, 0.29) is 0 Å². The van der Waals surface area contributed by atoms with Gasteiger partial charge in [-0.3, -0.25) is 0 Å². The third-order valence-corrected chi connectivity index (χ3v) is 3.00. The Hall–Kier alpha value is -2.50. The zero-order valence-corrected chi connectivity index (χ0v) is 10.6. The van der Waals surface area contributed by atoms with E-state index in [4.69, 9.17) is 10.2 Å². The lowest BCUT2D eigenvalue weighted by Crippen LogP contribution is -2.08. The third kappa shape index (κ3) is 2.24. The number of oxazole rings is 1. The molecule has 1 aromatic carbocycles. The molecule has 0 atom stereocenters. The Morgan fingerprint density at radius 3 is 3.05 bits per heavy atom. The standard InChI is InChI=1S/C13H15N5O/c1-18-8-7-15-11(18)5-6-16-13-17-12-9(14)3-2-4-10(12)19-13/h2-4,7-8H,5-6,14H2,1H3,(H,16,17). The number of aromatic nitrogens is 3. The maximum Gasteiger partial charge on any atom is 0.295 e. The van der Waals surface area contributed by atoms with E-state index in [0.717, 1.165) is 12.2 Å². The number of anilines is 2. The number of fused-ring (bicyclic) bond motifs is 1. The summed E-state index contributed by atoms with van der Waals surface area (Å²) in [6, 6.07) is 5.99. The highest BCUT2D eigenvalue weighted by molar-refractivity contribution is 5.86. The lowest BCUT2D eigenvalue weighted by molar-refractivity contribution is 0.613. The van der Waals surface area contributed by atoms with Crippen LogP contribution in [0, 0.1) is 0 Å². The Kier molecular flexibility index (Phi) is 2.83. The molecule has 2 aromatic heterocycles. The van der Waals surface area contributed by atoms with Crippen LogP contribution in [-0.2, 0) is 13.5 Å². The minimum atomic E-state index is 0.488. The Morgan fingerprint density at radius 1 is 1.42 bits per heavy atom. The van der Waals surface area contributed by atoms with Gasteiger partial charge in [0.2, 0.25) is 0 Å². The minimum Gasteiger partial charge on any atom is -0.423 e. The van der Waals surface area contributed by atoms with E-state index in [1.165, 1.54) is 0 Å². The first-order valence-corrected chi connectivity index (χ1v) is 6.09. The van der Waals surface area contributed by atoms with E-state index in [1.807, 2.05) is 36.0 Å². The zero-order chi connectivity index (χ0) is 13.2. The second-order valence-corrected chi connectivity index (χ2v) is 4.34. The van der Waals surface area contributed by atoms with E-state index in [1.54, 1.807) is 6.20 Å². The molecule has 0 aliphatic rings. The van der Waals surface area contributed by atoms with Crippen LogP contribution >= 0.6 is 0 Å². The van der Waals surface area contributed by atoms with E-state index in [2.05, 4.69) is 15.3 Å². The molecule has 0 aliphatic heterocycles. The maximum absolute atomic E-state index is 5.83. The van der Waals surface area contributed by atoms with Gasteiger partial charge in [0.05, 0.1) is 5.69 Å². The van der Waals surface area contributed by atoms with Crippen LogP contribution in [0.3, 0.4) is 0 Å². The van der Waals surface area contributed by atoms with Gasteiger partial charge in [-0.1, -0.05) is 6.07 Å². The van der Waals surface area contributed by atoms with Crippen LogP contribution < -0.4 is 11.1 Å². The molecule has 0 amide bonds. The fourth-order valence-electron chi connectivity index (χ4n) is 1.96. The monoisotopic (exact) mass is 257 g/mol. The van der Waals surface area contributed by atoms with Gasteiger partial charge in [0.25, 0.3) is 6.01 Å². The van der Waals surface area contributed by atoms with Crippen molar-refractivity contribution in [3.63, 3.8) is 0 Å². The van der Waals surface area contributed by atoms with E-state index in [9.17, 15) is 0 Å². The molecule has 2 heterocycles. The SMILES string of the molecule is Cn1ccnc1CCNc1nc2c(N)cccc2o1. The molecule has 0 radical (unpaired) electrons. The van der Waals surface area contributed by atoms with Crippen molar-refractivity contribution in [3.8, 4) is 0 Å². The molecule has 0 bridgehead atoms. The van der Waals surface area contributed by atoms with Crippen LogP contribution in [0.15, 0.2) is 35.0 Å². The second kappa shape index (κ2) is 4.64. The summed E-state index contributed by atoms with van der Waals surface area (Å²) in [6.07, 6.45) is 4.52. The topological polar surface area (TPSA) is 81.9 Å². The van der Waals surface area contributed by atoms with Crippen LogP contribution in [-0.4, -0.2) is 21.1 Å². The van der Waals surface area contributed by atoms with Gasteiger partial charge >= 0.3 is 0 Å². The molecular weight excluding hydrogens is 242 g/mol. The van der Waals surface area contributed by atoms with Gasteiger partial charge in [0.1, 0.15) is 11.3 Å². The molecule has 98 valence electrons. The highest BCUT2D eigenvalue weighted by Crippen LogP contribution is 2.23. The number of benzene rings is 1. The quantitative estimate of drug-likeness (QED) is 0.696. The predicted octanol–water partition coefficient (Wildman–Crippen LogP) is 1.80. The van der Waals surface area contributed by atoms with Crippen molar-refractivity contribution in [2.75, 3.05) is 17.6 Å². The van der Waals surface area contributed by atoms with Gasteiger partial charge < -0.3 is 20.0 Å². The Balaban J connectivity index is 1.69. The van der Waals surface area contributed by atoms with Crippen LogP contribution in [0.4, 0.5) is 11.7 Å². The fourth-order valence-corrected chi connectivity index (χ4v) is 1.96. The third-order valence-electron chi connectivity index (χ3n) is 3.00. The Bertz CT molecular complexity index is 700. The Morgan fingerprint density at radius 2 is 2.32 bits per heavy atom. The summed E-state index contributed by atoms with van der Waals surface area (Å²) < 4.78 is 7.56. The van der Waals surface area contributed by atoms with Crippen LogP contribution in [0.1, 0.15) is 5.82 Å². The molecule has 0 unspecified atom stereocenters. The molecule has 3 N–H and O–H groups in total. The summed E-state index contributed by atoms with van der Waals surface area (Å²) in [5.74, 6) is 1.02. The number of rotatable bonds is 4. The zero-order valence-electron chi connectivity index (χ0n) is 10.6. The number of hydrogen-bond acceptors (Lipinski definition) is 5. The summed E-state index contributed by atoms with van der Waals surface area (Å²) in [7, 11) is 1.97. The number of nitrogen functional groups attached to an aromatic ring is 1. The fraction of sp³-hybridized carbons (Fsp3) is 0.231. The first-order chi connectivity index (χ1) is 9.24. The minimum absolute atomic E-state index is 0.488. The van der Waals surface area contributed by atoms with Crippen molar-refractivity contribution >= 4 is 22.8 Å². The molecular formula is C13H15N5O. The average molecular weight is 257 g/mol. The second-order valence-electron chi connectivity index (χ2n) is 4.34. The Labute approximate surface area is 110 Å². The van der Waals surface area contributed by atoms with Crippen LogP contribution in [0.5, 0.6) is 0 Å². The number of para-hydroxylation sites is 1. The maximum atomic E-state index is 5.83. The summed E-state index contributed by atoms with van der Waals surface area (Å²) in [5.41, 5.74) is 7.85. The van der Waals surface area contributed by atoms with Crippen LogP contribution in [0.2, 0.25) is 0 Å². The normalized spacial score (nSPS) is 11.0. The molecule has 6 heteroatoms. The number of nitrogens with one attached hydrogen (secondary N) is 1. The van der Waals surface area contributed by atoms with Gasteiger partial charge in [0.15, 0.2) is 5.58 Å². The van der Waals surface area contributed by atoms with Crippen molar-refractivity contribution in [1.82, 2.24) is 14.5 Å². The van der Waals surface area contributed by atoms with Crippen molar-refractivity contribution in [1.29, 1.82) is 0 Å². The lowest BCUT2D eigenvalue weighted by Gasteiger charge is -2.01. The van der Waals surface area contributed by atoms with Gasteiger partial charge in [-0.05, 0) is 12.1 Å². The van der Waals surface area contributed by atoms with Gasteiger partial charge in [-0.2, -0.15) is 4.98 Å². The molecule has 0 aliphatic carbocycles. The molecule has 0 spiro atoms. The van der Waals surface area contributed by atoms with Gasteiger partial charge in [0, 0.05) is 32.4 Å². The lowest BCUT2D eigenvalue weighted by atomic mass is 10.3. The molecule has 19 heavy (non-hydrogen) atoms. The molecule has 0 saturated heterocycles. The number of nitrogens with zero attached hydrogens (tertiary/aromatic N) is 3. The molecule has 0 fully saturated rings. The van der Waals surface area contributed by atoms with Gasteiger partial charge in [-0.25, -0.2) is 4.98 Å². The summed E-state index contributed by atoms with van der Waals surface area (Å²) in [6.45, 7) is 0.706. The highest BCUT2D eigenvalue weighted by Gasteiger charge is 2.07. The summed E-state index contributed by atoms with van der Waals surface area (Å²) in [5, 5.41) is 3.14. The number of nitrogens with two attached hydrogens (primary N) is 1. The van der Waals surface area contributed by atoms with E-state index < -0.39 is 0 Å². The summed E-state index contributed by atoms with van der Waals surface area (Å²) in [4.78, 5) is 8.58. The van der Waals surface area contributed by atoms with Crippen molar-refractivity contribution in [2.45, 2.75) is 6.42 Å². The number of aryl methyl sites for hydroxylation is 1. The first-order valence-electron chi connectivity index (χ1n) is 6.09. The van der Waals surface area contributed by atoms with Crippen molar-refractivity contribution in [2.24, 2.45) is 7.05 Å². The van der Waals surface area contributed by atoms with E-state index >= 15 is 0 Å².